The van der Waals surface area contributed by atoms with Crippen molar-refractivity contribution >= 4 is 33.5 Å². The molecule has 0 radical (unpaired) electrons. The highest BCUT2D eigenvalue weighted by molar-refractivity contribution is 14.1. The van der Waals surface area contributed by atoms with Crippen LogP contribution in [0.2, 0.25) is 0 Å². The van der Waals surface area contributed by atoms with Crippen molar-refractivity contribution in [1.82, 2.24) is 9.78 Å². The summed E-state index contributed by atoms with van der Waals surface area (Å²) in [5.74, 6) is 0. The van der Waals surface area contributed by atoms with Crippen molar-refractivity contribution in [3.8, 4) is 0 Å². The molecule has 0 saturated carbocycles. The second-order valence-corrected chi connectivity index (χ2v) is 5.92. The highest BCUT2D eigenvalue weighted by Crippen LogP contribution is 2.18. The van der Waals surface area contributed by atoms with Crippen molar-refractivity contribution in [2.45, 2.75) is 19.9 Å². The van der Waals surface area contributed by atoms with Gasteiger partial charge >= 0.3 is 0 Å². The lowest BCUT2D eigenvalue weighted by Crippen LogP contribution is -2.01. The number of fused-ring (bicyclic) bond motifs is 1. The smallest absolute Gasteiger partial charge is 0.0696 e. The predicted octanol–water partition coefficient (Wildman–Crippen LogP) is 4.25. The number of benzene rings is 2. The number of nitrogens with zero attached hydrogens (tertiary/aromatic N) is 2. The molecule has 0 spiro atoms. The van der Waals surface area contributed by atoms with Crippen LogP contribution >= 0.6 is 22.6 Å². The molecule has 19 heavy (non-hydrogen) atoms. The summed E-state index contributed by atoms with van der Waals surface area (Å²) in [7, 11) is 0. The zero-order valence-electron chi connectivity index (χ0n) is 10.8. The molecule has 2 aromatic carbocycles. The van der Waals surface area contributed by atoms with Crippen LogP contribution in [0.3, 0.4) is 0 Å². The molecular formula is C16H15IN2. The molecule has 0 aliphatic heterocycles. The number of halogens is 1. The van der Waals surface area contributed by atoms with Gasteiger partial charge in [-0.15, -0.1) is 0 Å². The lowest BCUT2D eigenvalue weighted by molar-refractivity contribution is 0.711. The van der Waals surface area contributed by atoms with Crippen LogP contribution in [-0.2, 0) is 13.0 Å². The summed E-state index contributed by atoms with van der Waals surface area (Å²) >= 11 is 2.34. The normalized spacial score (nSPS) is 11.1. The summed E-state index contributed by atoms with van der Waals surface area (Å²) < 4.78 is 3.31. The number of aromatic nitrogens is 2. The van der Waals surface area contributed by atoms with Gasteiger partial charge in [0.25, 0.3) is 0 Å². The predicted molar refractivity (Wildman–Crippen MR) is 87.4 cm³/mol. The summed E-state index contributed by atoms with van der Waals surface area (Å²) in [5.41, 5.74) is 3.87. The van der Waals surface area contributed by atoms with Gasteiger partial charge < -0.3 is 0 Å². The van der Waals surface area contributed by atoms with Crippen LogP contribution in [0.15, 0.2) is 48.7 Å². The zero-order chi connectivity index (χ0) is 13.2. The molecule has 0 N–H and O–H groups in total. The Morgan fingerprint density at radius 1 is 1.05 bits per heavy atom. The summed E-state index contributed by atoms with van der Waals surface area (Å²) in [6.07, 6.45) is 3.02. The Balaban J connectivity index is 1.93. The Hall–Kier alpha value is -1.36. The van der Waals surface area contributed by atoms with Gasteiger partial charge in [-0.1, -0.05) is 37.3 Å². The van der Waals surface area contributed by atoms with E-state index in [0.29, 0.717) is 0 Å². The van der Waals surface area contributed by atoms with E-state index in [0.717, 1.165) is 13.0 Å². The topological polar surface area (TPSA) is 17.8 Å². The fraction of sp³-hybridized carbons (Fsp3) is 0.188. The maximum absolute atomic E-state index is 4.49. The van der Waals surface area contributed by atoms with Crippen LogP contribution in [0.25, 0.3) is 10.9 Å². The number of hydrogen-bond donors (Lipinski definition) is 0. The standard InChI is InChI=1S/C16H15IN2/c1-2-12-3-5-13(6-4-12)11-19-16-9-15(17)8-7-14(16)10-18-19/h3-10H,2,11H2,1H3. The fourth-order valence-corrected chi connectivity index (χ4v) is 2.70. The Morgan fingerprint density at radius 2 is 1.79 bits per heavy atom. The lowest BCUT2D eigenvalue weighted by Gasteiger charge is -2.05. The first-order chi connectivity index (χ1) is 9.26. The van der Waals surface area contributed by atoms with Gasteiger partial charge in [-0.25, -0.2) is 0 Å². The van der Waals surface area contributed by atoms with E-state index in [4.69, 9.17) is 0 Å². The highest BCUT2D eigenvalue weighted by Gasteiger charge is 2.04. The molecule has 3 rings (SSSR count). The lowest BCUT2D eigenvalue weighted by atomic mass is 10.1. The third-order valence-corrected chi connectivity index (χ3v) is 4.04. The first kappa shape index (κ1) is 12.7. The van der Waals surface area contributed by atoms with E-state index < -0.39 is 0 Å². The minimum Gasteiger partial charge on any atom is -0.260 e. The first-order valence-corrected chi connectivity index (χ1v) is 7.53. The molecule has 2 nitrogen and oxygen atoms in total. The second kappa shape index (κ2) is 5.33. The van der Waals surface area contributed by atoms with Crippen LogP contribution in [-0.4, -0.2) is 9.78 Å². The fourth-order valence-electron chi connectivity index (χ4n) is 2.22. The molecule has 1 heterocycles. The first-order valence-electron chi connectivity index (χ1n) is 6.45. The molecular weight excluding hydrogens is 347 g/mol. The summed E-state index contributed by atoms with van der Waals surface area (Å²) in [5, 5.41) is 5.69. The monoisotopic (exact) mass is 362 g/mol. The van der Waals surface area contributed by atoms with Crippen LogP contribution in [0.5, 0.6) is 0 Å². The van der Waals surface area contributed by atoms with Gasteiger partial charge in [-0.2, -0.15) is 5.10 Å². The molecule has 0 amide bonds. The third-order valence-electron chi connectivity index (χ3n) is 3.37. The van der Waals surface area contributed by atoms with Crippen molar-refractivity contribution in [3.63, 3.8) is 0 Å². The molecule has 1 aromatic heterocycles. The average Bonchev–Trinajstić information content (AvgIpc) is 2.82. The minimum absolute atomic E-state index is 0.827. The van der Waals surface area contributed by atoms with Crippen molar-refractivity contribution in [2.75, 3.05) is 0 Å². The molecule has 0 aliphatic carbocycles. The van der Waals surface area contributed by atoms with Gasteiger partial charge in [-0.3, -0.25) is 4.68 Å². The molecule has 3 aromatic rings. The van der Waals surface area contributed by atoms with Gasteiger partial charge in [-0.05, 0) is 52.3 Å². The van der Waals surface area contributed by atoms with Gasteiger partial charge in [0.05, 0.1) is 18.3 Å². The van der Waals surface area contributed by atoms with E-state index in [2.05, 4.69) is 81.8 Å². The van der Waals surface area contributed by atoms with Gasteiger partial charge in [0.15, 0.2) is 0 Å². The van der Waals surface area contributed by atoms with Crippen molar-refractivity contribution in [3.05, 3.63) is 63.4 Å². The Morgan fingerprint density at radius 3 is 2.53 bits per heavy atom. The van der Waals surface area contributed by atoms with E-state index in [1.54, 1.807) is 0 Å². The van der Waals surface area contributed by atoms with Crippen LogP contribution in [0, 0.1) is 3.57 Å². The molecule has 0 atom stereocenters. The second-order valence-electron chi connectivity index (χ2n) is 4.68. The third kappa shape index (κ3) is 2.66. The molecule has 0 saturated heterocycles. The number of aryl methyl sites for hydroxylation is 1. The highest BCUT2D eigenvalue weighted by atomic mass is 127. The summed E-state index contributed by atoms with van der Waals surface area (Å²) in [6, 6.07) is 15.2. The van der Waals surface area contributed by atoms with Crippen molar-refractivity contribution in [2.24, 2.45) is 0 Å². The molecule has 0 aliphatic rings. The van der Waals surface area contributed by atoms with Crippen molar-refractivity contribution < 1.29 is 0 Å². The minimum atomic E-state index is 0.827. The zero-order valence-corrected chi connectivity index (χ0v) is 13.0. The summed E-state index contributed by atoms with van der Waals surface area (Å²) in [4.78, 5) is 0. The molecule has 0 fully saturated rings. The van der Waals surface area contributed by atoms with Crippen molar-refractivity contribution in [1.29, 1.82) is 0 Å². The molecule has 3 heteroatoms. The van der Waals surface area contributed by atoms with E-state index >= 15 is 0 Å². The van der Waals surface area contributed by atoms with Crippen LogP contribution in [0.4, 0.5) is 0 Å². The van der Waals surface area contributed by atoms with Gasteiger partial charge in [0.1, 0.15) is 0 Å². The Labute approximate surface area is 126 Å². The molecule has 0 bridgehead atoms. The Kier molecular flexibility index (Phi) is 3.55. The van der Waals surface area contributed by atoms with E-state index in [9.17, 15) is 0 Å². The summed E-state index contributed by atoms with van der Waals surface area (Å²) in [6.45, 7) is 3.01. The number of hydrogen-bond acceptors (Lipinski definition) is 1. The van der Waals surface area contributed by atoms with E-state index in [1.165, 1.54) is 25.6 Å². The molecule has 96 valence electrons. The average molecular weight is 362 g/mol. The van der Waals surface area contributed by atoms with Crippen LogP contribution in [0.1, 0.15) is 18.1 Å². The van der Waals surface area contributed by atoms with Gasteiger partial charge in [0, 0.05) is 8.96 Å². The van der Waals surface area contributed by atoms with E-state index in [1.807, 2.05) is 6.20 Å². The van der Waals surface area contributed by atoms with E-state index in [-0.39, 0.29) is 0 Å². The largest absolute Gasteiger partial charge is 0.260 e. The Bertz CT molecular complexity index is 698. The maximum atomic E-state index is 4.49. The maximum Gasteiger partial charge on any atom is 0.0696 e. The van der Waals surface area contributed by atoms with Gasteiger partial charge in [0.2, 0.25) is 0 Å². The molecule has 0 unspecified atom stereocenters. The van der Waals surface area contributed by atoms with Crippen LogP contribution < -0.4 is 0 Å². The number of rotatable bonds is 3. The quantitative estimate of drug-likeness (QED) is 0.637. The SMILES string of the molecule is CCc1ccc(Cn2ncc3ccc(I)cc32)cc1.